The largest absolute Gasteiger partial charge is 0.462 e. The number of hydroxylamine groups is 1. The van der Waals surface area contributed by atoms with Crippen LogP contribution in [0, 0.1) is 0 Å². The van der Waals surface area contributed by atoms with Gasteiger partial charge >= 0.3 is 14.6 Å². The molecule has 0 aromatic heterocycles. The maximum absolute atomic E-state index is 11.9. The Morgan fingerprint density at radius 2 is 2.00 bits per heavy atom. The molecule has 2 unspecified atom stereocenters. The normalized spacial score (nSPS) is 12.7. The summed E-state index contributed by atoms with van der Waals surface area (Å²) in [5.74, 6) is 0.0557. The summed E-state index contributed by atoms with van der Waals surface area (Å²) in [4.78, 5) is 18.5. The molecule has 0 saturated heterocycles. The maximum Gasteiger partial charge on any atom is 0.457 e. The molecular formula is C14H22N2O4P+. The van der Waals surface area contributed by atoms with Gasteiger partial charge in [-0.25, -0.2) is 0 Å². The Balaban J connectivity index is 2.82. The summed E-state index contributed by atoms with van der Waals surface area (Å²) in [6.45, 7) is 5.57. The van der Waals surface area contributed by atoms with E-state index in [1.807, 2.05) is 12.1 Å². The number of benzene rings is 1. The Bertz CT molecular complexity index is 482. The molecule has 0 aliphatic carbocycles. The highest BCUT2D eigenvalue weighted by Crippen LogP contribution is 2.23. The Hall–Kier alpha value is -1.49. The zero-order valence-corrected chi connectivity index (χ0v) is 13.5. The fourth-order valence-corrected chi connectivity index (χ4v) is 2.06. The molecule has 0 aliphatic heterocycles. The predicted octanol–water partition coefficient (Wildman–Crippen LogP) is 2.06. The summed E-state index contributed by atoms with van der Waals surface area (Å²) in [7, 11) is -0.928. The fraction of sp³-hybridized carbons (Fsp3) is 0.500. The van der Waals surface area contributed by atoms with Crippen LogP contribution in [0.15, 0.2) is 24.3 Å². The lowest BCUT2D eigenvalue weighted by molar-refractivity contribution is -0.157. The van der Waals surface area contributed by atoms with Crippen molar-refractivity contribution in [3.63, 3.8) is 0 Å². The van der Waals surface area contributed by atoms with Crippen LogP contribution in [0.5, 0.6) is 5.75 Å². The molecule has 0 bridgehead atoms. The molecule has 2 N–H and O–H groups in total. The summed E-state index contributed by atoms with van der Waals surface area (Å²) in [6, 6.07) is 6.54. The Morgan fingerprint density at radius 1 is 1.33 bits per heavy atom. The van der Waals surface area contributed by atoms with Crippen molar-refractivity contribution < 1.29 is 18.9 Å². The zero-order chi connectivity index (χ0) is 15.8. The minimum Gasteiger partial charge on any atom is -0.462 e. The molecule has 0 spiro atoms. The van der Waals surface area contributed by atoms with Gasteiger partial charge in [0.05, 0.1) is 10.9 Å². The first kappa shape index (κ1) is 17.6. The van der Waals surface area contributed by atoms with E-state index in [0.29, 0.717) is 18.7 Å². The standard InChI is InChI=1S/C14H21N2O4P/c1-10(2)19-14(17)11(3)16(21-18)20-13-7-5-4-6-12(13)8-9-15/h4-7,10-11H,8-9,15H2,1-3H3/p+1. The van der Waals surface area contributed by atoms with E-state index in [-0.39, 0.29) is 6.10 Å². The lowest BCUT2D eigenvalue weighted by Gasteiger charge is -2.18. The van der Waals surface area contributed by atoms with E-state index in [1.54, 1.807) is 32.9 Å². The number of para-hydroxylation sites is 1. The number of carbonyl (C=O) groups excluding carboxylic acids is 1. The van der Waals surface area contributed by atoms with E-state index in [0.717, 1.165) is 10.4 Å². The summed E-state index contributed by atoms with van der Waals surface area (Å²) >= 11 is 0. The average molecular weight is 313 g/mol. The van der Waals surface area contributed by atoms with Gasteiger partial charge in [-0.05, 0) is 49.9 Å². The van der Waals surface area contributed by atoms with Crippen LogP contribution in [0.3, 0.4) is 0 Å². The molecule has 6 nitrogen and oxygen atoms in total. The van der Waals surface area contributed by atoms with E-state index in [1.165, 1.54) is 0 Å². The summed E-state index contributed by atoms with van der Waals surface area (Å²) in [5.41, 5.74) is 6.45. The molecule has 0 heterocycles. The first-order valence-electron chi connectivity index (χ1n) is 6.83. The van der Waals surface area contributed by atoms with E-state index in [4.69, 9.17) is 15.3 Å². The molecule has 0 fully saturated rings. The van der Waals surface area contributed by atoms with Crippen LogP contribution in [0.1, 0.15) is 26.3 Å². The Labute approximate surface area is 126 Å². The highest BCUT2D eigenvalue weighted by atomic mass is 31.1. The van der Waals surface area contributed by atoms with Gasteiger partial charge in [0.15, 0.2) is 11.8 Å². The van der Waals surface area contributed by atoms with Gasteiger partial charge in [0, 0.05) is 0 Å². The highest BCUT2D eigenvalue weighted by molar-refractivity contribution is 7.20. The van der Waals surface area contributed by atoms with Gasteiger partial charge < -0.3 is 15.3 Å². The lowest BCUT2D eigenvalue weighted by atomic mass is 10.1. The second-order valence-corrected chi connectivity index (χ2v) is 5.44. The minimum absolute atomic E-state index is 0.235. The molecule has 0 aliphatic rings. The molecule has 1 aromatic carbocycles. The lowest BCUT2D eigenvalue weighted by Crippen LogP contribution is -2.37. The second-order valence-electron chi connectivity index (χ2n) is 4.82. The summed E-state index contributed by atoms with van der Waals surface area (Å²) in [6.07, 6.45) is 0.401. The van der Waals surface area contributed by atoms with Crippen molar-refractivity contribution in [2.75, 3.05) is 6.54 Å². The van der Waals surface area contributed by atoms with Crippen LogP contribution in [0.4, 0.5) is 0 Å². The van der Waals surface area contributed by atoms with E-state index in [2.05, 4.69) is 0 Å². The van der Waals surface area contributed by atoms with Crippen LogP contribution < -0.4 is 10.6 Å². The zero-order valence-electron chi connectivity index (χ0n) is 12.5. The van der Waals surface area contributed by atoms with Gasteiger partial charge in [0.1, 0.15) is 0 Å². The van der Waals surface area contributed by atoms with E-state index in [9.17, 15) is 9.36 Å². The van der Waals surface area contributed by atoms with Gasteiger partial charge in [-0.15, -0.1) is 0 Å². The van der Waals surface area contributed by atoms with Crippen LogP contribution in [0.2, 0.25) is 0 Å². The summed E-state index contributed by atoms with van der Waals surface area (Å²) in [5, 5.41) is 0. The fourth-order valence-electron chi connectivity index (χ4n) is 1.66. The first-order valence-corrected chi connectivity index (χ1v) is 7.68. The number of ether oxygens (including phenoxy) is 1. The number of esters is 1. The van der Waals surface area contributed by atoms with Gasteiger partial charge in [-0.2, -0.15) is 0 Å². The third kappa shape index (κ3) is 5.42. The van der Waals surface area contributed by atoms with Gasteiger partial charge in [-0.3, -0.25) is 4.79 Å². The molecule has 2 atom stereocenters. The van der Waals surface area contributed by atoms with Crippen molar-refractivity contribution in [1.82, 2.24) is 4.83 Å². The third-order valence-corrected chi connectivity index (χ3v) is 3.38. The maximum atomic E-state index is 11.9. The molecule has 116 valence electrons. The van der Waals surface area contributed by atoms with Gasteiger partial charge in [0.25, 0.3) is 0 Å². The molecule has 21 heavy (non-hydrogen) atoms. The molecule has 0 saturated carbocycles. The number of hydrogen-bond donors (Lipinski definition) is 1. The molecule has 0 amide bonds. The molecular weight excluding hydrogens is 291 g/mol. The average Bonchev–Trinajstić information content (AvgIpc) is 2.45. The topological polar surface area (TPSA) is 81.9 Å². The monoisotopic (exact) mass is 313 g/mol. The van der Waals surface area contributed by atoms with Gasteiger partial charge in [-0.1, -0.05) is 18.2 Å². The third-order valence-electron chi connectivity index (χ3n) is 2.72. The van der Waals surface area contributed by atoms with Crippen molar-refractivity contribution >= 4 is 14.6 Å². The second kappa shape index (κ2) is 8.72. The van der Waals surface area contributed by atoms with Gasteiger partial charge in [0.2, 0.25) is 0 Å². The number of nitrogens with zero attached hydrogens (tertiary/aromatic N) is 1. The highest BCUT2D eigenvalue weighted by Gasteiger charge is 2.32. The van der Waals surface area contributed by atoms with Crippen molar-refractivity contribution in [2.24, 2.45) is 5.73 Å². The van der Waals surface area contributed by atoms with Crippen molar-refractivity contribution in [2.45, 2.75) is 39.3 Å². The first-order chi connectivity index (χ1) is 9.99. The van der Waals surface area contributed by atoms with Crippen LogP contribution in [0.25, 0.3) is 0 Å². The number of nitrogens with two attached hydrogens (primary N) is 1. The SMILES string of the molecule is CC(C)OC(=O)C(C)N(Oc1ccccc1CCN)[PH+]=O. The molecule has 7 heteroatoms. The summed E-state index contributed by atoms with van der Waals surface area (Å²) < 4.78 is 16.4. The van der Waals surface area contributed by atoms with E-state index < -0.39 is 20.6 Å². The molecule has 1 rings (SSSR count). The van der Waals surface area contributed by atoms with Crippen LogP contribution >= 0.6 is 8.61 Å². The number of carbonyl (C=O) groups is 1. The van der Waals surface area contributed by atoms with Crippen molar-refractivity contribution in [3.8, 4) is 5.75 Å². The molecule has 1 aromatic rings. The van der Waals surface area contributed by atoms with Crippen molar-refractivity contribution in [1.29, 1.82) is 0 Å². The number of hydrogen-bond acceptors (Lipinski definition) is 5. The molecule has 0 radical (unpaired) electrons. The van der Waals surface area contributed by atoms with E-state index >= 15 is 0 Å². The van der Waals surface area contributed by atoms with Crippen LogP contribution in [-0.4, -0.2) is 29.5 Å². The predicted molar refractivity (Wildman–Crippen MR) is 81.4 cm³/mol. The quantitative estimate of drug-likeness (QED) is 0.449. The van der Waals surface area contributed by atoms with Crippen molar-refractivity contribution in [3.05, 3.63) is 29.8 Å². The Morgan fingerprint density at radius 3 is 2.57 bits per heavy atom. The minimum atomic E-state index is -0.928. The van der Waals surface area contributed by atoms with Crippen LogP contribution in [-0.2, 0) is 20.5 Å². The Kier molecular flexibility index (Phi) is 7.29. The smallest absolute Gasteiger partial charge is 0.457 e. The number of rotatable bonds is 8.